The van der Waals surface area contributed by atoms with E-state index in [0.29, 0.717) is 43.4 Å². The summed E-state index contributed by atoms with van der Waals surface area (Å²) < 4.78 is 27.8. The van der Waals surface area contributed by atoms with Crippen LogP contribution < -0.4 is 10.5 Å². The molecule has 1 aliphatic heterocycles. The molecular weight excluding hydrogens is 456 g/mol. The van der Waals surface area contributed by atoms with E-state index in [1.54, 1.807) is 27.8 Å². The van der Waals surface area contributed by atoms with Gasteiger partial charge in [-0.05, 0) is 47.9 Å². The lowest BCUT2D eigenvalue weighted by atomic mass is 9.87. The molecule has 0 amide bonds. The normalized spacial score (nSPS) is 18.2. The van der Waals surface area contributed by atoms with Gasteiger partial charge in [0.1, 0.15) is 11.4 Å². The van der Waals surface area contributed by atoms with Crippen molar-refractivity contribution in [3.05, 3.63) is 56.4 Å². The van der Waals surface area contributed by atoms with Gasteiger partial charge in [0.25, 0.3) is 5.56 Å². The highest BCUT2D eigenvalue weighted by molar-refractivity contribution is 7.89. The van der Waals surface area contributed by atoms with E-state index in [4.69, 9.17) is 4.98 Å². The van der Waals surface area contributed by atoms with E-state index in [0.717, 1.165) is 35.0 Å². The predicted octanol–water partition coefficient (Wildman–Crippen LogP) is 1.86. The Balaban J connectivity index is 1.26. The van der Waals surface area contributed by atoms with Crippen molar-refractivity contribution in [2.24, 2.45) is 0 Å². The standard InChI is InChI=1S/C24H30N4O3S2/c1-24(2,3)16-7-9-17(10-8-16)33(30,31)28-13-11-27(12-14-28)15-20-25-22(29)21-18-5-4-6-19(18)32-23(21)26-20/h7-10H,4-6,11-15H2,1-3H3,(H,25,26,29)/p+1. The van der Waals surface area contributed by atoms with Gasteiger partial charge in [-0.3, -0.25) is 4.79 Å². The fourth-order valence-electron chi connectivity index (χ4n) is 4.86. The lowest BCUT2D eigenvalue weighted by Crippen LogP contribution is -3.13. The second-order valence-corrected chi connectivity index (χ2v) is 13.2. The number of aryl methyl sites for hydroxylation is 2. The smallest absolute Gasteiger partial charge is 0.260 e. The number of benzene rings is 1. The van der Waals surface area contributed by atoms with Crippen molar-refractivity contribution in [2.75, 3.05) is 26.2 Å². The molecule has 5 rings (SSSR count). The van der Waals surface area contributed by atoms with E-state index in [9.17, 15) is 13.2 Å². The zero-order valence-electron chi connectivity index (χ0n) is 19.4. The number of thiophene rings is 1. The molecular formula is C24H31N4O3S2+. The molecule has 2 aliphatic rings. The summed E-state index contributed by atoms with van der Waals surface area (Å²) >= 11 is 1.65. The fraction of sp³-hybridized carbons (Fsp3) is 0.500. The minimum Gasteiger partial charge on any atom is -0.326 e. The predicted molar refractivity (Wildman–Crippen MR) is 131 cm³/mol. The number of sulfonamides is 1. The third-order valence-electron chi connectivity index (χ3n) is 6.83. The van der Waals surface area contributed by atoms with Gasteiger partial charge in [0.2, 0.25) is 10.0 Å². The number of nitrogens with one attached hydrogen (secondary N) is 2. The average Bonchev–Trinajstić information content (AvgIpc) is 3.34. The Kier molecular flexibility index (Phi) is 5.71. The van der Waals surface area contributed by atoms with Crippen LogP contribution in [-0.2, 0) is 34.8 Å². The zero-order chi connectivity index (χ0) is 23.4. The Labute approximate surface area is 198 Å². The monoisotopic (exact) mass is 487 g/mol. The van der Waals surface area contributed by atoms with Crippen LogP contribution in [-0.4, -0.2) is 48.9 Å². The number of H-pyrrole nitrogens is 1. The number of nitrogens with zero attached hydrogens (tertiary/aromatic N) is 2. The van der Waals surface area contributed by atoms with Crippen LogP contribution in [0.1, 0.15) is 49.0 Å². The number of fused-ring (bicyclic) bond motifs is 3. The maximum atomic E-state index is 13.1. The summed E-state index contributed by atoms with van der Waals surface area (Å²) in [4.78, 5) is 24.2. The van der Waals surface area contributed by atoms with Crippen LogP contribution >= 0.6 is 11.3 Å². The summed E-state index contributed by atoms with van der Waals surface area (Å²) in [6.45, 7) is 9.22. The van der Waals surface area contributed by atoms with Crippen LogP contribution in [0.3, 0.4) is 0 Å². The van der Waals surface area contributed by atoms with Crippen molar-refractivity contribution in [1.29, 1.82) is 0 Å². The van der Waals surface area contributed by atoms with Gasteiger partial charge in [0.15, 0.2) is 5.82 Å². The van der Waals surface area contributed by atoms with Gasteiger partial charge in [-0.1, -0.05) is 32.9 Å². The first kappa shape index (κ1) is 22.7. The van der Waals surface area contributed by atoms with Crippen LogP contribution in [0.15, 0.2) is 34.0 Å². The van der Waals surface area contributed by atoms with Crippen LogP contribution in [0, 0.1) is 0 Å². The molecule has 3 heterocycles. The number of aromatic nitrogens is 2. The van der Waals surface area contributed by atoms with Crippen LogP contribution in [0.4, 0.5) is 0 Å². The van der Waals surface area contributed by atoms with Gasteiger partial charge in [-0.2, -0.15) is 4.31 Å². The molecule has 0 radical (unpaired) electrons. The summed E-state index contributed by atoms with van der Waals surface area (Å²) in [7, 11) is -3.51. The highest BCUT2D eigenvalue weighted by Crippen LogP contribution is 2.34. The first-order chi connectivity index (χ1) is 15.6. The molecule has 3 aromatic rings. The van der Waals surface area contributed by atoms with Gasteiger partial charge < -0.3 is 9.88 Å². The molecule has 33 heavy (non-hydrogen) atoms. The summed E-state index contributed by atoms with van der Waals surface area (Å²) in [5, 5.41) is 0.777. The zero-order valence-corrected chi connectivity index (χ0v) is 21.0. The molecule has 0 saturated carbocycles. The molecule has 1 aliphatic carbocycles. The minimum absolute atomic E-state index is 0.0154. The van der Waals surface area contributed by atoms with Crippen molar-refractivity contribution in [1.82, 2.24) is 14.3 Å². The molecule has 0 spiro atoms. The van der Waals surface area contributed by atoms with Crippen LogP contribution in [0.25, 0.3) is 10.2 Å². The SMILES string of the molecule is CC(C)(C)c1ccc(S(=O)(=O)N2CC[NH+](Cc3nc4sc5c(c4c(=O)[nH]3)CCC5)CC2)cc1. The third kappa shape index (κ3) is 4.27. The Hall–Kier alpha value is -2.07. The lowest BCUT2D eigenvalue weighted by Gasteiger charge is -2.31. The molecule has 176 valence electrons. The van der Waals surface area contributed by atoms with Crippen LogP contribution in [0.2, 0.25) is 0 Å². The van der Waals surface area contributed by atoms with E-state index < -0.39 is 10.0 Å². The maximum Gasteiger partial charge on any atom is 0.260 e. The third-order valence-corrected chi connectivity index (χ3v) is 9.93. The average molecular weight is 488 g/mol. The molecule has 9 heteroatoms. The molecule has 1 fully saturated rings. The number of rotatable bonds is 4. The maximum absolute atomic E-state index is 13.1. The lowest BCUT2D eigenvalue weighted by molar-refractivity contribution is -0.917. The summed E-state index contributed by atoms with van der Waals surface area (Å²) in [5.41, 5.74) is 2.26. The van der Waals surface area contributed by atoms with E-state index in [-0.39, 0.29) is 11.0 Å². The van der Waals surface area contributed by atoms with Gasteiger partial charge in [-0.15, -0.1) is 11.3 Å². The number of quaternary nitrogens is 1. The molecule has 1 saturated heterocycles. The first-order valence-corrected chi connectivity index (χ1v) is 13.9. The Bertz CT molecular complexity index is 1340. The van der Waals surface area contributed by atoms with Gasteiger partial charge in [-0.25, -0.2) is 13.4 Å². The highest BCUT2D eigenvalue weighted by Gasteiger charge is 2.31. The van der Waals surface area contributed by atoms with E-state index in [1.807, 2.05) is 12.1 Å². The number of hydrogen-bond donors (Lipinski definition) is 2. The Morgan fingerprint density at radius 1 is 1.12 bits per heavy atom. The quantitative estimate of drug-likeness (QED) is 0.588. The number of hydrogen-bond acceptors (Lipinski definition) is 5. The van der Waals surface area contributed by atoms with Crippen molar-refractivity contribution >= 4 is 31.6 Å². The topological polar surface area (TPSA) is 87.6 Å². The van der Waals surface area contributed by atoms with Gasteiger partial charge in [0.05, 0.1) is 36.5 Å². The summed E-state index contributed by atoms with van der Waals surface area (Å²) in [6.07, 6.45) is 3.14. The molecule has 2 N–H and O–H groups in total. The second-order valence-electron chi connectivity index (χ2n) is 10.2. The second kappa shape index (κ2) is 8.30. The summed E-state index contributed by atoms with van der Waals surface area (Å²) in [6, 6.07) is 7.26. The number of aromatic amines is 1. The van der Waals surface area contributed by atoms with Crippen molar-refractivity contribution < 1.29 is 13.3 Å². The van der Waals surface area contributed by atoms with Gasteiger partial charge >= 0.3 is 0 Å². The minimum atomic E-state index is -3.51. The largest absolute Gasteiger partial charge is 0.326 e. The molecule has 0 bridgehead atoms. The molecule has 1 aromatic carbocycles. The molecule has 2 aromatic heterocycles. The molecule has 0 unspecified atom stereocenters. The summed E-state index contributed by atoms with van der Waals surface area (Å²) in [5.74, 6) is 0.691. The van der Waals surface area contributed by atoms with E-state index in [1.165, 1.54) is 15.3 Å². The highest BCUT2D eigenvalue weighted by atomic mass is 32.2. The van der Waals surface area contributed by atoms with Gasteiger partial charge in [0, 0.05) is 4.88 Å². The van der Waals surface area contributed by atoms with Crippen molar-refractivity contribution in [3.63, 3.8) is 0 Å². The van der Waals surface area contributed by atoms with Crippen LogP contribution in [0.5, 0.6) is 0 Å². The Morgan fingerprint density at radius 3 is 2.48 bits per heavy atom. The van der Waals surface area contributed by atoms with E-state index in [2.05, 4.69) is 25.8 Å². The molecule has 0 atom stereocenters. The number of piperazine rings is 1. The van der Waals surface area contributed by atoms with Crippen molar-refractivity contribution in [3.8, 4) is 0 Å². The van der Waals surface area contributed by atoms with Crippen molar-refractivity contribution in [2.45, 2.75) is 56.9 Å². The fourth-order valence-corrected chi connectivity index (χ4v) is 7.59. The molecule has 7 nitrogen and oxygen atoms in total. The first-order valence-electron chi connectivity index (χ1n) is 11.6. The van der Waals surface area contributed by atoms with E-state index >= 15 is 0 Å². The Morgan fingerprint density at radius 2 is 1.82 bits per heavy atom.